The van der Waals surface area contributed by atoms with Gasteiger partial charge in [0, 0.05) is 11.8 Å². The van der Waals surface area contributed by atoms with Crippen molar-refractivity contribution in [3.63, 3.8) is 0 Å². The summed E-state index contributed by atoms with van der Waals surface area (Å²) in [5.41, 5.74) is 1.90. The first-order valence-corrected chi connectivity index (χ1v) is 6.44. The number of aromatic hydroxyl groups is 1. The molecule has 0 aliphatic heterocycles. The van der Waals surface area contributed by atoms with Crippen molar-refractivity contribution in [2.75, 3.05) is 12.4 Å². The lowest BCUT2D eigenvalue weighted by molar-refractivity contribution is -0.114. The lowest BCUT2D eigenvalue weighted by Gasteiger charge is -2.13. The van der Waals surface area contributed by atoms with Crippen molar-refractivity contribution >= 4 is 24.2 Å². The maximum atomic E-state index is 11.2. The summed E-state index contributed by atoms with van der Waals surface area (Å²) >= 11 is 4.30. The standard InChI is InChI=1S/C15H15NO3S/c1-9(17)16-11-8-10(6-7-14(11)20)15-12(18)4-3-5-13(15)19-2/h3-8,18,20H,1-2H3,(H,16,17). The Morgan fingerprint density at radius 2 is 2.05 bits per heavy atom. The lowest BCUT2D eigenvalue weighted by Crippen LogP contribution is -2.06. The fourth-order valence-corrected chi connectivity index (χ4v) is 2.16. The van der Waals surface area contributed by atoms with E-state index in [0.29, 0.717) is 21.9 Å². The number of carbonyl (C=O) groups is 1. The van der Waals surface area contributed by atoms with Crippen LogP contribution in [0.3, 0.4) is 0 Å². The van der Waals surface area contributed by atoms with E-state index in [1.165, 1.54) is 6.92 Å². The summed E-state index contributed by atoms with van der Waals surface area (Å²) in [5, 5.41) is 12.7. The van der Waals surface area contributed by atoms with Crippen LogP contribution < -0.4 is 10.1 Å². The number of hydrogen-bond acceptors (Lipinski definition) is 4. The molecule has 104 valence electrons. The minimum Gasteiger partial charge on any atom is -0.507 e. The summed E-state index contributed by atoms with van der Waals surface area (Å²) in [4.78, 5) is 11.8. The van der Waals surface area contributed by atoms with Crippen LogP contribution in [0.4, 0.5) is 5.69 Å². The van der Waals surface area contributed by atoms with Crippen molar-refractivity contribution in [2.24, 2.45) is 0 Å². The molecule has 0 atom stereocenters. The number of hydrogen-bond donors (Lipinski definition) is 3. The monoisotopic (exact) mass is 289 g/mol. The molecule has 0 spiro atoms. The Balaban J connectivity index is 2.56. The van der Waals surface area contributed by atoms with Gasteiger partial charge in [0.25, 0.3) is 0 Å². The second-order valence-electron chi connectivity index (χ2n) is 4.27. The fourth-order valence-electron chi connectivity index (χ4n) is 1.96. The van der Waals surface area contributed by atoms with Crippen LogP contribution in [0.2, 0.25) is 0 Å². The van der Waals surface area contributed by atoms with Crippen molar-refractivity contribution in [3.8, 4) is 22.6 Å². The average Bonchev–Trinajstić information content (AvgIpc) is 2.40. The number of carbonyl (C=O) groups excluding carboxylic acids is 1. The van der Waals surface area contributed by atoms with Crippen LogP contribution in [-0.4, -0.2) is 18.1 Å². The molecule has 0 aromatic heterocycles. The van der Waals surface area contributed by atoms with Crippen LogP contribution in [0.1, 0.15) is 6.92 Å². The number of phenolic OH excluding ortho intramolecular Hbond substituents is 1. The van der Waals surface area contributed by atoms with Gasteiger partial charge < -0.3 is 15.2 Å². The summed E-state index contributed by atoms with van der Waals surface area (Å²) in [6, 6.07) is 10.4. The minimum absolute atomic E-state index is 0.116. The summed E-state index contributed by atoms with van der Waals surface area (Å²) < 4.78 is 5.27. The molecular formula is C15H15NO3S. The molecule has 0 aliphatic carbocycles. The number of rotatable bonds is 3. The number of benzene rings is 2. The van der Waals surface area contributed by atoms with Gasteiger partial charge in [-0.2, -0.15) is 0 Å². The summed E-state index contributed by atoms with van der Waals surface area (Å²) in [6.07, 6.45) is 0. The maximum Gasteiger partial charge on any atom is 0.221 e. The summed E-state index contributed by atoms with van der Waals surface area (Å²) in [5.74, 6) is 0.498. The molecule has 20 heavy (non-hydrogen) atoms. The Hall–Kier alpha value is -2.14. The van der Waals surface area contributed by atoms with E-state index in [-0.39, 0.29) is 11.7 Å². The Bertz CT molecular complexity index is 656. The highest BCUT2D eigenvalue weighted by Gasteiger charge is 2.12. The molecule has 1 amide bonds. The lowest BCUT2D eigenvalue weighted by atomic mass is 10.0. The second-order valence-corrected chi connectivity index (χ2v) is 4.75. The molecule has 4 nitrogen and oxygen atoms in total. The number of thiol groups is 1. The first-order valence-electron chi connectivity index (χ1n) is 6.00. The third-order valence-electron chi connectivity index (χ3n) is 2.82. The zero-order chi connectivity index (χ0) is 14.7. The number of anilines is 1. The highest BCUT2D eigenvalue weighted by Crippen LogP contribution is 2.39. The van der Waals surface area contributed by atoms with E-state index in [1.54, 1.807) is 37.4 Å². The number of ether oxygens (including phenoxy) is 1. The number of methoxy groups -OCH3 is 1. The molecule has 0 unspecified atom stereocenters. The smallest absolute Gasteiger partial charge is 0.221 e. The molecule has 0 aliphatic rings. The molecule has 2 aromatic rings. The SMILES string of the molecule is COc1cccc(O)c1-c1ccc(S)c(NC(C)=O)c1. The molecule has 0 bridgehead atoms. The topological polar surface area (TPSA) is 58.6 Å². The molecule has 0 radical (unpaired) electrons. The van der Waals surface area contributed by atoms with E-state index in [1.807, 2.05) is 6.07 Å². The summed E-state index contributed by atoms with van der Waals surface area (Å²) in [6.45, 7) is 1.43. The van der Waals surface area contributed by atoms with E-state index < -0.39 is 0 Å². The second kappa shape index (κ2) is 5.88. The van der Waals surface area contributed by atoms with Gasteiger partial charge in [-0.25, -0.2) is 0 Å². The van der Waals surface area contributed by atoms with Crippen LogP contribution in [-0.2, 0) is 4.79 Å². The van der Waals surface area contributed by atoms with E-state index in [0.717, 1.165) is 5.56 Å². The number of nitrogens with one attached hydrogen (secondary N) is 1. The molecule has 0 saturated carbocycles. The predicted molar refractivity (Wildman–Crippen MR) is 81.7 cm³/mol. The first kappa shape index (κ1) is 14.3. The van der Waals surface area contributed by atoms with Gasteiger partial charge in [0.2, 0.25) is 5.91 Å². The quantitative estimate of drug-likeness (QED) is 0.760. The van der Waals surface area contributed by atoms with Crippen LogP contribution in [0.25, 0.3) is 11.1 Å². The molecule has 0 saturated heterocycles. The van der Waals surface area contributed by atoms with Gasteiger partial charge in [0.15, 0.2) is 0 Å². The molecule has 2 aromatic carbocycles. The fraction of sp³-hybridized carbons (Fsp3) is 0.133. The van der Waals surface area contributed by atoms with E-state index in [2.05, 4.69) is 17.9 Å². The van der Waals surface area contributed by atoms with Crippen LogP contribution in [0, 0.1) is 0 Å². The molecular weight excluding hydrogens is 274 g/mol. The van der Waals surface area contributed by atoms with Gasteiger partial charge in [-0.15, -0.1) is 12.6 Å². The third-order valence-corrected chi connectivity index (χ3v) is 3.21. The van der Waals surface area contributed by atoms with Gasteiger partial charge >= 0.3 is 0 Å². The van der Waals surface area contributed by atoms with Crippen LogP contribution in [0.15, 0.2) is 41.3 Å². The van der Waals surface area contributed by atoms with Gasteiger partial charge in [0.05, 0.1) is 18.4 Å². The largest absolute Gasteiger partial charge is 0.507 e. The van der Waals surface area contributed by atoms with Crippen molar-refractivity contribution in [1.82, 2.24) is 0 Å². The van der Waals surface area contributed by atoms with Crippen LogP contribution in [0.5, 0.6) is 11.5 Å². The molecule has 0 fully saturated rings. The predicted octanol–water partition coefficient (Wildman–Crippen LogP) is 3.31. The Morgan fingerprint density at radius 3 is 2.70 bits per heavy atom. The Morgan fingerprint density at radius 1 is 1.30 bits per heavy atom. The zero-order valence-electron chi connectivity index (χ0n) is 11.2. The average molecular weight is 289 g/mol. The van der Waals surface area contributed by atoms with E-state index in [4.69, 9.17) is 4.74 Å². The number of amides is 1. The van der Waals surface area contributed by atoms with Gasteiger partial charge in [-0.3, -0.25) is 4.79 Å². The number of phenols is 1. The highest BCUT2D eigenvalue weighted by molar-refractivity contribution is 7.80. The zero-order valence-corrected chi connectivity index (χ0v) is 12.1. The van der Waals surface area contributed by atoms with Crippen LogP contribution >= 0.6 is 12.6 Å². The van der Waals surface area contributed by atoms with Crippen molar-refractivity contribution in [2.45, 2.75) is 11.8 Å². The van der Waals surface area contributed by atoms with Crippen molar-refractivity contribution in [3.05, 3.63) is 36.4 Å². The van der Waals surface area contributed by atoms with Crippen molar-refractivity contribution < 1.29 is 14.6 Å². The molecule has 2 N–H and O–H groups in total. The normalized spacial score (nSPS) is 10.2. The third kappa shape index (κ3) is 2.88. The van der Waals surface area contributed by atoms with E-state index in [9.17, 15) is 9.90 Å². The Labute approximate surface area is 122 Å². The van der Waals surface area contributed by atoms with Gasteiger partial charge in [0.1, 0.15) is 11.5 Å². The first-order chi connectivity index (χ1) is 9.52. The molecule has 2 rings (SSSR count). The summed E-state index contributed by atoms with van der Waals surface area (Å²) in [7, 11) is 1.54. The van der Waals surface area contributed by atoms with Crippen molar-refractivity contribution in [1.29, 1.82) is 0 Å². The Kier molecular flexibility index (Phi) is 4.20. The highest BCUT2D eigenvalue weighted by atomic mass is 32.1. The molecule has 5 heteroatoms. The maximum absolute atomic E-state index is 11.2. The molecule has 0 heterocycles. The minimum atomic E-state index is -0.179. The van der Waals surface area contributed by atoms with Gasteiger partial charge in [-0.05, 0) is 29.8 Å². The van der Waals surface area contributed by atoms with E-state index >= 15 is 0 Å². The van der Waals surface area contributed by atoms with Gasteiger partial charge in [-0.1, -0.05) is 12.1 Å².